The van der Waals surface area contributed by atoms with Crippen LogP contribution in [0.5, 0.6) is 0 Å². The van der Waals surface area contributed by atoms with Gasteiger partial charge < -0.3 is 40.1 Å². The zero-order valence-electron chi connectivity index (χ0n) is 39.6. The van der Waals surface area contributed by atoms with Crippen molar-refractivity contribution in [2.24, 2.45) is 11.5 Å². The lowest BCUT2D eigenvalue weighted by Crippen LogP contribution is -2.38. The van der Waals surface area contributed by atoms with Crippen molar-refractivity contribution in [2.75, 3.05) is 50.4 Å². The van der Waals surface area contributed by atoms with Gasteiger partial charge in [0.25, 0.3) is 11.4 Å². The molecule has 376 valence electrons. The minimum absolute atomic E-state index is 0.00313. The normalized spacial score (nSPS) is 17.0. The zero-order chi connectivity index (χ0) is 52.0. The van der Waals surface area contributed by atoms with Crippen LogP contribution in [0.3, 0.4) is 0 Å². The van der Waals surface area contributed by atoms with Gasteiger partial charge >= 0.3 is 35.8 Å². The number of hydrogen-bond donors (Lipinski definition) is 2. The van der Waals surface area contributed by atoms with Gasteiger partial charge in [-0.15, -0.1) is 0 Å². The van der Waals surface area contributed by atoms with Crippen LogP contribution in [0.4, 0.5) is 11.4 Å². The number of benzene rings is 2. The summed E-state index contributed by atoms with van der Waals surface area (Å²) in [5.41, 5.74) is 10.7. The van der Waals surface area contributed by atoms with E-state index in [0.29, 0.717) is 23.7 Å². The van der Waals surface area contributed by atoms with Gasteiger partial charge in [0.2, 0.25) is 0 Å². The monoisotopic (exact) mass is 1010 g/mol. The van der Waals surface area contributed by atoms with Gasteiger partial charge in [0.15, 0.2) is 0 Å². The number of nitro groups is 2. The highest BCUT2D eigenvalue weighted by molar-refractivity contribution is 7.99. The number of ether oxygens (including phenoxy) is 4. The Morgan fingerprint density at radius 3 is 1.30 bits per heavy atom. The zero-order valence-corrected chi connectivity index (χ0v) is 41.3. The van der Waals surface area contributed by atoms with E-state index in [9.17, 15) is 49.0 Å². The van der Waals surface area contributed by atoms with Crippen molar-refractivity contribution < 1.29 is 67.2 Å². The topological polar surface area (TPSA) is 303 Å². The van der Waals surface area contributed by atoms with Crippen LogP contribution >= 0.6 is 23.5 Å². The molecule has 2 heterocycles. The second-order valence-electron chi connectivity index (χ2n) is 15.4. The summed E-state index contributed by atoms with van der Waals surface area (Å²) in [7, 11) is 2.16. The Bertz CT molecular complexity index is 2380. The highest BCUT2D eigenvalue weighted by Crippen LogP contribution is 2.46. The van der Waals surface area contributed by atoms with Crippen molar-refractivity contribution in [3.05, 3.63) is 137 Å². The van der Waals surface area contributed by atoms with Crippen LogP contribution in [-0.4, -0.2) is 118 Å². The summed E-state index contributed by atoms with van der Waals surface area (Å²) in [6.07, 6.45) is 1.35. The van der Waals surface area contributed by atoms with E-state index in [4.69, 9.17) is 40.1 Å². The molecule has 4 atom stereocenters. The first-order valence-electron chi connectivity index (χ1n) is 21.5. The molecule has 0 aromatic heterocycles. The Labute approximate surface area is 411 Å². The fraction of sp³-hybridized carbons (Fsp3) is 0.391. The molecule has 0 bridgehead atoms. The van der Waals surface area contributed by atoms with Crippen molar-refractivity contribution >= 4 is 70.7 Å². The minimum atomic E-state index is -1.32. The SMILES string of the molecule is CCOC(=O)C1=C(CSCC(C)N)N(OC(=O)/C=C/C(=O)ON2C(C)=C(C(=O)OC)C(c3cccc([N+](=O)[O-])c3)C(C(=O)OCC)=C2CSCC(C)N)C(C)=C(C(=O)OC)C1c1cccc([N+](=O)[O-])c1. The molecule has 2 aromatic rings. The van der Waals surface area contributed by atoms with Crippen LogP contribution in [-0.2, 0) is 57.4 Å². The van der Waals surface area contributed by atoms with E-state index in [1.807, 2.05) is 0 Å². The largest absolute Gasteiger partial charge is 0.466 e. The molecule has 0 radical (unpaired) electrons. The lowest BCUT2D eigenvalue weighted by molar-refractivity contribution is -0.385. The van der Waals surface area contributed by atoms with E-state index in [2.05, 4.69) is 0 Å². The third kappa shape index (κ3) is 13.4. The average molecular weight is 1010 g/mol. The van der Waals surface area contributed by atoms with Gasteiger partial charge in [0.05, 0.1) is 94.2 Å². The predicted molar refractivity (Wildman–Crippen MR) is 255 cm³/mol. The summed E-state index contributed by atoms with van der Waals surface area (Å²) >= 11 is 2.47. The molecule has 4 unspecified atom stereocenters. The second-order valence-corrected chi connectivity index (χ2v) is 17.5. The number of esters is 4. The highest BCUT2D eigenvalue weighted by Gasteiger charge is 2.45. The fourth-order valence-corrected chi connectivity index (χ4v) is 9.32. The Hall–Kier alpha value is -7.02. The summed E-state index contributed by atoms with van der Waals surface area (Å²) in [5.74, 6) is -8.45. The van der Waals surface area contributed by atoms with E-state index in [-0.39, 0.29) is 104 Å². The van der Waals surface area contributed by atoms with Crippen LogP contribution in [0.25, 0.3) is 0 Å². The molecule has 0 saturated carbocycles. The van der Waals surface area contributed by atoms with E-state index in [1.54, 1.807) is 27.7 Å². The standard InChI is InChI=1S/C46H54N6O16S2/c1-9-65-45(57)41-33(23-69-21-25(3)47)49(27(5)37(43(55)63-7)39(41)29-13-11-15-31(19-29)51(59)60)67-35(53)17-18-36(54)68-50-28(6)38(44(56)64-8)40(30-14-12-16-32(20-30)52(61)62)42(46(58)66-10-2)34(50)24-70-22-26(4)48/h11-20,25-26,39-40H,9-10,21-24,47-48H2,1-8H3/b18-17+. The molecule has 0 spiro atoms. The lowest BCUT2D eigenvalue weighted by atomic mass is 9.80. The number of nitro benzene ring substituents is 2. The van der Waals surface area contributed by atoms with Gasteiger partial charge in [0.1, 0.15) is 0 Å². The molecule has 2 aromatic carbocycles. The first-order valence-corrected chi connectivity index (χ1v) is 23.8. The molecule has 4 N–H and O–H groups in total. The number of hydroxylamine groups is 4. The Morgan fingerprint density at radius 2 is 1.00 bits per heavy atom. The molecular weight excluding hydrogens is 957 g/mol. The van der Waals surface area contributed by atoms with Gasteiger partial charge in [-0.3, -0.25) is 20.2 Å². The lowest BCUT2D eigenvalue weighted by Gasteiger charge is -2.37. The van der Waals surface area contributed by atoms with Gasteiger partial charge in [-0.1, -0.05) is 24.3 Å². The smallest absolute Gasteiger partial charge is 0.356 e. The number of carbonyl (C=O) groups excluding carboxylic acids is 6. The first-order chi connectivity index (χ1) is 33.2. The summed E-state index contributed by atoms with van der Waals surface area (Å²) in [5, 5.41) is 25.6. The number of rotatable bonds is 22. The molecule has 0 fully saturated rings. The maximum atomic E-state index is 14.0. The van der Waals surface area contributed by atoms with Gasteiger partial charge in [-0.2, -0.15) is 33.7 Å². The summed E-state index contributed by atoms with van der Waals surface area (Å²) in [4.78, 5) is 117. The third-order valence-electron chi connectivity index (χ3n) is 10.2. The van der Waals surface area contributed by atoms with E-state index in [1.165, 1.54) is 85.9 Å². The van der Waals surface area contributed by atoms with Gasteiger partial charge in [0, 0.05) is 71.5 Å². The van der Waals surface area contributed by atoms with Crippen molar-refractivity contribution in [1.82, 2.24) is 10.1 Å². The number of thioether (sulfide) groups is 2. The van der Waals surface area contributed by atoms with E-state index in [0.717, 1.165) is 24.3 Å². The number of nitrogens with zero attached hydrogens (tertiary/aromatic N) is 4. The Morgan fingerprint density at radius 1 is 0.643 bits per heavy atom. The second kappa shape index (κ2) is 25.5. The molecule has 2 aliphatic heterocycles. The third-order valence-corrected chi connectivity index (χ3v) is 12.7. The first kappa shape index (κ1) is 55.6. The number of allylic oxidation sites excluding steroid dienone is 2. The molecule has 24 heteroatoms. The number of methoxy groups -OCH3 is 2. The average Bonchev–Trinajstić information content (AvgIpc) is 3.31. The van der Waals surface area contributed by atoms with Gasteiger partial charge in [-0.05, 0) is 52.7 Å². The van der Waals surface area contributed by atoms with Crippen molar-refractivity contribution in [3.8, 4) is 0 Å². The molecule has 0 saturated heterocycles. The van der Waals surface area contributed by atoms with E-state index >= 15 is 0 Å². The number of nitrogens with two attached hydrogens (primary N) is 2. The molecule has 22 nitrogen and oxygen atoms in total. The number of carbonyl (C=O) groups is 6. The van der Waals surface area contributed by atoms with Crippen LogP contribution in [0.2, 0.25) is 0 Å². The summed E-state index contributed by atoms with van der Waals surface area (Å²) in [6.45, 7) is 9.10. The number of hydrogen-bond acceptors (Lipinski definition) is 22. The van der Waals surface area contributed by atoms with Crippen LogP contribution in [0, 0.1) is 20.2 Å². The van der Waals surface area contributed by atoms with Crippen molar-refractivity contribution in [3.63, 3.8) is 0 Å². The Balaban J connectivity index is 1.86. The summed E-state index contributed by atoms with van der Waals surface area (Å²) < 4.78 is 21.1. The van der Waals surface area contributed by atoms with E-state index < -0.39 is 57.5 Å². The van der Waals surface area contributed by atoms with Crippen molar-refractivity contribution in [1.29, 1.82) is 0 Å². The fourth-order valence-electron chi connectivity index (χ4n) is 7.40. The maximum absolute atomic E-state index is 14.0. The highest BCUT2D eigenvalue weighted by atomic mass is 32.2. The minimum Gasteiger partial charge on any atom is -0.466 e. The Kier molecular flexibility index (Phi) is 20.3. The van der Waals surface area contributed by atoms with Crippen LogP contribution in [0.15, 0.2) is 106 Å². The molecule has 2 aliphatic rings. The molecular formula is C46H54N6O16S2. The quantitative estimate of drug-likeness (QED) is 0.0506. The van der Waals surface area contributed by atoms with Crippen LogP contribution < -0.4 is 11.5 Å². The van der Waals surface area contributed by atoms with Gasteiger partial charge in [-0.25, -0.2) is 28.8 Å². The van der Waals surface area contributed by atoms with Crippen molar-refractivity contribution in [2.45, 2.75) is 65.5 Å². The maximum Gasteiger partial charge on any atom is 0.356 e. The predicted octanol–water partition coefficient (Wildman–Crippen LogP) is 5.16. The molecule has 70 heavy (non-hydrogen) atoms. The molecule has 4 rings (SSSR count). The van der Waals surface area contributed by atoms with Crippen LogP contribution in [0.1, 0.15) is 64.5 Å². The number of non-ortho nitro benzene ring substituents is 2. The summed E-state index contributed by atoms with van der Waals surface area (Å²) in [6, 6.07) is 9.89. The molecule has 0 aliphatic carbocycles. The molecule has 0 amide bonds.